The van der Waals surface area contributed by atoms with Gasteiger partial charge in [0.05, 0.1) is 13.2 Å². The van der Waals surface area contributed by atoms with Gasteiger partial charge in [-0.25, -0.2) is 0 Å². The van der Waals surface area contributed by atoms with Gasteiger partial charge in [0.2, 0.25) is 0 Å². The van der Waals surface area contributed by atoms with Gasteiger partial charge in [-0.3, -0.25) is 9.69 Å². The molecule has 0 amide bonds. The highest BCUT2D eigenvalue weighted by Crippen LogP contribution is 2.19. The molecule has 0 N–H and O–H groups in total. The van der Waals surface area contributed by atoms with Crippen LogP contribution in [0.5, 0.6) is 5.75 Å². The lowest BCUT2D eigenvalue weighted by Crippen LogP contribution is -2.41. The first-order valence-corrected chi connectivity index (χ1v) is 11.9. The summed E-state index contributed by atoms with van der Waals surface area (Å²) in [5.41, 5.74) is 4.49. The van der Waals surface area contributed by atoms with Crippen molar-refractivity contribution in [3.8, 4) is 5.75 Å². The van der Waals surface area contributed by atoms with E-state index in [0.29, 0.717) is 19.5 Å². The number of ether oxygens (including phenoxy) is 1. The number of methoxy groups -OCH3 is 1. The summed E-state index contributed by atoms with van der Waals surface area (Å²) in [7, 11) is 1.65. The van der Waals surface area contributed by atoms with Crippen molar-refractivity contribution in [3.63, 3.8) is 0 Å². The third-order valence-electron chi connectivity index (χ3n) is 6.05. The summed E-state index contributed by atoms with van der Waals surface area (Å²) in [5.74, 6) is 0.892. The molecule has 0 aliphatic carbocycles. The average Bonchev–Trinajstić information content (AvgIpc) is 2.92. The standard InChI is InChI=1S/C32H31NO2/c1-35-30-20-17-26(18-21-30)19-22-32(34)31(23-27-11-5-2-6-12-27)33(24-28-13-7-3-8-14-28)25-29-15-9-4-10-16-29/h2-22,31H,23-25H2,1H3/b22-19+/t31-/m0/s1. The molecule has 1 atom stereocenters. The van der Waals surface area contributed by atoms with Crippen LogP contribution in [0, 0.1) is 0 Å². The van der Waals surface area contributed by atoms with Crippen molar-refractivity contribution < 1.29 is 9.53 Å². The Morgan fingerprint density at radius 2 is 1.20 bits per heavy atom. The van der Waals surface area contributed by atoms with E-state index < -0.39 is 0 Å². The van der Waals surface area contributed by atoms with Crippen LogP contribution in [0.15, 0.2) is 121 Å². The molecule has 4 aromatic carbocycles. The Bertz CT molecular complexity index is 1160. The maximum absolute atomic E-state index is 13.7. The molecular weight excluding hydrogens is 430 g/mol. The zero-order chi connectivity index (χ0) is 24.3. The number of rotatable bonds is 11. The number of hydrogen-bond acceptors (Lipinski definition) is 3. The van der Waals surface area contributed by atoms with Gasteiger partial charge in [0.25, 0.3) is 0 Å². The van der Waals surface area contributed by atoms with E-state index in [1.54, 1.807) is 13.2 Å². The summed E-state index contributed by atoms with van der Waals surface area (Å²) >= 11 is 0. The van der Waals surface area contributed by atoms with Gasteiger partial charge in [-0.2, -0.15) is 0 Å². The normalized spacial score (nSPS) is 12.1. The predicted octanol–water partition coefficient (Wildman–Crippen LogP) is 6.59. The molecule has 0 aromatic heterocycles. The largest absolute Gasteiger partial charge is 0.497 e. The molecule has 0 saturated heterocycles. The summed E-state index contributed by atoms with van der Waals surface area (Å²) < 4.78 is 5.25. The van der Waals surface area contributed by atoms with Crippen molar-refractivity contribution >= 4 is 11.9 Å². The molecule has 0 fully saturated rings. The molecule has 0 aliphatic heterocycles. The predicted molar refractivity (Wildman–Crippen MR) is 143 cm³/mol. The van der Waals surface area contributed by atoms with Crippen molar-refractivity contribution in [2.75, 3.05) is 7.11 Å². The Hall–Kier alpha value is -3.95. The summed E-state index contributed by atoms with van der Waals surface area (Å²) in [6, 6.07) is 38.4. The van der Waals surface area contributed by atoms with E-state index in [1.807, 2.05) is 84.9 Å². The highest BCUT2D eigenvalue weighted by atomic mass is 16.5. The molecule has 0 bridgehead atoms. The lowest BCUT2D eigenvalue weighted by molar-refractivity contribution is -0.120. The molecule has 0 aliphatic rings. The molecule has 0 radical (unpaired) electrons. The van der Waals surface area contributed by atoms with Crippen molar-refractivity contribution in [1.29, 1.82) is 0 Å². The first-order valence-electron chi connectivity index (χ1n) is 11.9. The van der Waals surface area contributed by atoms with Crippen LogP contribution in [0.1, 0.15) is 22.3 Å². The third-order valence-corrected chi connectivity index (χ3v) is 6.05. The van der Waals surface area contributed by atoms with Gasteiger partial charge < -0.3 is 4.74 Å². The van der Waals surface area contributed by atoms with Gasteiger partial charge in [-0.05, 0) is 46.9 Å². The first-order chi connectivity index (χ1) is 17.2. The number of hydrogen-bond donors (Lipinski definition) is 0. The summed E-state index contributed by atoms with van der Waals surface area (Å²) in [5, 5.41) is 0. The van der Waals surface area contributed by atoms with Gasteiger partial charge in [0, 0.05) is 13.1 Å². The lowest BCUT2D eigenvalue weighted by Gasteiger charge is -2.30. The summed E-state index contributed by atoms with van der Waals surface area (Å²) in [6.45, 7) is 1.38. The van der Waals surface area contributed by atoms with Gasteiger partial charge >= 0.3 is 0 Å². The second kappa shape index (κ2) is 12.5. The molecule has 35 heavy (non-hydrogen) atoms. The maximum Gasteiger partial charge on any atom is 0.173 e. The van der Waals surface area contributed by atoms with E-state index in [4.69, 9.17) is 4.74 Å². The molecule has 176 valence electrons. The molecule has 0 unspecified atom stereocenters. The van der Waals surface area contributed by atoms with Crippen LogP contribution in [0.25, 0.3) is 6.08 Å². The Balaban J connectivity index is 1.64. The number of benzene rings is 4. The number of carbonyl (C=O) groups is 1. The minimum atomic E-state index is -0.299. The van der Waals surface area contributed by atoms with Crippen LogP contribution in [0.4, 0.5) is 0 Å². The minimum absolute atomic E-state index is 0.0940. The lowest BCUT2D eigenvalue weighted by atomic mass is 9.98. The van der Waals surface area contributed by atoms with Crippen LogP contribution in [-0.4, -0.2) is 23.8 Å². The molecule has 0 spiro atoms. The van der Waals surface area contributed by atoms with Crippen LogP contribution in [0.3, 0.4) is 0 Å². The Morgan fingerprint density at radius 1 is 0.714 bits per heavy atom. The highest BCUT2D eigenvalue weighted by molar-refractivity contribution is 5.97. The van der Waals surface area contributed by atoms with Gasteiger partial charge in [-0.15, -0.1) is 0 Å². The molecule has 0 heterocycles. The fourth-order valence-electron chi connectivity index (χ4n) is 4.16. The van der Waals surface area contributed by atoms with Crippen molar-refractivity contribution in [2.45, 2.75) is 25.6 Å². The number of nitrogens with zero attached hydrogens (tertiary/aromatic N) is 1. The average molecular weight is 462 g/mol. The van der Waals surface area contributed by atoms with E-state index in [2.05, 4.69) is 41.3 Å². The number of ketones is 1. The van der Waals surface area contributed by atoms with Crippen LogP contribution in [0.2, 0.25) is 0 Å². The SMILES string of the molecule is COc1ccc(/C=C/C(=O)[C@H](Cc2ccccc2)N(Cc2ccccc2)Cc2ccccc2)cc1. The highest BCUT2D eigenvalue weighted by Gasteiger charge is 2.25. The van der Waals surface area contributed by atoms with Gasteiger partial charge in [-0.1, -0.05) is 109 Å². The molecule has 4 rings (SSSR count). The van der Waals surface area contributed by atoms with E-state index in [0.717, 1.165) is 16.9 Å². The van der Waals surface area contributed by atoms with Crippen molar-refractivity contribution in [2.24, 2.45) is 0 Å². The fourth-order valence-corrected chi connectivity index (χ4v) is 4.16. The second-order valence-electron chi connectivity index (χ2n) is 8.59. The summed E-state index contributed by atoms with van der Waals surface area (Å²) in [4.78, 5) is 16.0. The van der Waals surface area contributed by atoms with E-state index >= 15 is 0 Å². The van der Waals surface area contributed by atoms with Crippen LogP contribution < -0.4 is 4.74 Å². The van der Waals surface area contributed by atoms with Gasteiger partial charge in [0.1, 0.15) is 5.75 Å². The van der Waals surface area contributed by atoms with Crippen LogP contribution >= 0.6 is 0 Å². The molecule has 4 aromatic rings. The fraction of sp³-hybridized carbons (Fsp3) is 0.156. The Labute approximate surface area is 208 Å². The minimum Gasteiger partial charge on any atom is -0.497 e. The van der Waals surface area contributed by atoms with E-state index in [-0.39, 0.29) is 11.8 Å². The van der Waals surface area contributed by atoms with E-state index in [1.165, 1.54) is 11.1 Å². The van der Waals surface area contributed by atoms with E-state index in [9.17, 15) is 4.79 Å². The van der Waals surface area contributed by atoms with Crippen molar-refractivity contribution in [1.82, 2.24) is 4.90 Å². The monoisotopic (exact) mass is 461 g/mol. The quantitative estimate of drug-likeness (QED) is 0.236. The zero-order valence-electron chi connectivity index (χ0n) is 20.1. The molecule has 3 nitrogen and oxygen atoms in total. The second-order valence-corrected chi connectivity index (χ2v) is 8.59. The molecule has 0 saturated carbocycles. The maximum atomic E-state index is 13.7. The number of carbonyl (C=O) groups excluding carboxylic acids is 1. The molecular formula is C32H31NO2. The van der Waals surface area contributed by atoms with Crippen LogP contribution in [-0.2, 0) is 24.3 Å². The smallest absolute Gasteiger partial charge is 0.173 e. The first kappa shape index (κ1) is 24.2. The topological polar surface area (TPSA) is 29.5 Å². The summed E-state index contributed by atoms with van der Waals surface area (Å²) in [6.07, 6.45) is 4.26. The Morgan fingerprint density at radius 3 is 1.69 bits per heavy atom. The Kier molecular flexibility index (Phi) is 8.63. The molecule has 3 heteroatoms. The third kappa shape index (κ3) is 7.26. The zero-order valence-corrected chi connectivity index (χ0v) is 20.1. The van der Waals surface area contributed by atoms with Gasteiger partial charge in [0.15, 0.2) is 5.78 Å². The van der Waals surface area contributed by atoms with Crippen molar-refractivity contribution in [3.05, 3.63) is 144 Å².